The molecule has 1 saturated heterocycles. The fourth-order valence-electron chi connectivity index (χ4n) is 3.41. The normalized spacial score (nSPS) is 19.0. The van der Waals surface area contributed by atoms with Crippen molar-refractivity contribution in [2.24, 2.45) is 0 Å². The third kappa shape index (κ3) is 5.05. The summed E-state index contributed by atoms with van der Waals surface area (Å²) in [4.78, 5) is 25.2. The Labute approximate surface area is 164 Å². The molecule has 7 nitrogen and oxygen atoms in total. The molecule has 146 valence electrons. The molecular formula is C19H27ClN6O. The molecule has 27 heavy (non-hydrogen) atoms. The number of pyridine rings is 1. The number of fused-ring (bicyclic) bond motifs is 1. The third-order valence-electron chi connectivity index (χ3n) is 5.00. The lowest BCUT2D eigenvalue weighted by Crippen LogP contribution is -2.50. The zero-order valence-electron chi connectivity index (χ0n) is 15.9. The summed E-state index contributed by atoms with van der Waals surface area (Å²) in [5.41, 5.74) is 0.343. The van der Waals surface area contributed by atoms with Gasteiger partial charge in [-0.2, -0.15) is 0 Å². The van der Waals surface area contributed by atoms with Gasteiger partial charge in [0, 0.05) is 18.1 Å². The number of aromatic nitrogens is 3. The largest absolute Gasteiger partial charge is 0.362 e. The van der Waals surface area contributed by atoms with Gasteiger partial charge in [0.05, 0.1) is 23.3 Å². The topological polar surface area (TPSA) is 91.8 Å². The first kappa shape index (κ1) is 19.8. The van der Waals surface area contributed by atoms with E-state index >= 15 is 0 Å². The van der Waals surface area contributed by atoms with E-state index in [1.165, 1.54) is 0 Å². The van der Waals surface area contributed by atoms with Crippen LogP contribution in [0.4, 0.5) is 5.82 Å². The zero-order chi connectivity index (χ0) is 19.3. The highest BCUT2D eigenvalue weighted by Gasteiger charge is 2.28. The number of carbonyl (C=O) groups excluding carboxylic acids is 1. The number of halogens is 1. The standard InChI is InChI=1S/C19H27ClN6O/c1-3-4-8-19(2,12-23-17(27)14-6-5-9-22-14)26-16-13-7-10-21-11-15(13)24-18(20)25-16/h7,10-11,14,22H,3-6,8-9,12H2,1-2H3,(H,23,27)(H,24,25,26)/t14-,19?/m0/s1. The summed E-state index contributed by atoms with van der Waals surface area (Å²) in [5, 5.41) is 10.9. The second kappa shape index (κ2) is 8.80. The fraction of sp³-hybridized carbons (Fsp3) is 0.579. The molecule has 8 heteroatoms. The van der Waals surface area contributed by atoms with Crippen molar-refractivity contribution in [1.82, 2.24) is 25.6 Å². The van der Waals surface area contributed by atoms with Gasteiger partial charge in [0.15, 0.2) is 0 Å². The highest BCUT2D eigenvalue weighted by atomic mass is 35.5. The second-order valence-corrected chi connectivity index (χ2v) is 7.73. The predicted molar refractivity (Wildman–Crippen MR) is 108 cm³/mol. The van der Waals surface area contributed by atoms with Crippen molar-refractivity contribution in [3.63, 3.8) is 0 Å². The van der Waals surface area contributed by atoms with Gasteiger partial charge >= 0.3 is 0 Å². The first-order valence-corrected chi connectivity index (χ1v) is 9.95. The van der Waals surface area contributed by atoms with Crippen molar-refractivity contribution in [3.8, 4) is 0 Å². The Morgan fingerprint density at radius 3 is 3.04 bits per heavy atom. The van der Waals surface area contributed by atoms with Crippen molar-refractivity contribution < 1.29 is 4.79 Å². The van der Waals surface area contributed by atoms with Gasteiger partial charge in [0.2, 0.25) is 11.2 Å². The molecule has 0 saturated carbocycles. The molecular weight excluding hydrogens is 364 g/mol. The van der Waals surface area contributed by atoms with Gasteiger partial charge in [-0.25, -0.2) is 9.97 Å². The Kier molecular flexibility index (Phi) is 6.44. The summed E-state index contributed by atoms with van der Waals surface area (Å²) < 4.78 is 0. The zero-order valence-corrected chi connectivity index (χ0v) is 16.6. The Morgan fingerprint density at radius 1 is 1.44 bits per heavy atom. The lowest BCUT2D eigenvalue weighted by Gasteiger charge is -2.32. The highest BCUT2D eigenvalue weighted by molar-refractivity contribution is 6.28. The minimum absolute atomic E-state index is 0.0619. The molecule has 0 radical (unpaired) electrons. The first-order valence-electron chi connectivity index (χ1n) is 9.57. The van der Waals surface area contributed by atoms with Crippen LogP contribution in [-0.2, 0) is 4.79 Å². The van der Waals surface area contributed by atoms with E-state index in [0.29, 0.717) is 17.9 Å². The molecule has 1 aliphatic rings. The van der Waals surface area contributed by atoms with Crippen LogP contribution in [0.5, 0.6) is 0 Å². The van der Waals surface area contributed by atoms with Crippen LogP contribution in [0.1, 0.15) is 46.0 Å². The summed E-state index contributed by atoms with van der Waals surface area (Å²) in [6.45, 7) is 5.68. The second-order valence-electron chi connectivity index (χ2n) is 7.39. The molecule has 0 aliphatic carbocycles. The molecule has 2 aromatic rings. The van der Waals surface area contributed by atoms with Crippen molar-refractivity contribution in [2.75, 3.05) is 18.4 Å². The molecule has 1 amide bonds. The summed E-state index contributed by atoms with van der Waals surface area (Å²) >= 11 is 6.10. The molecule has 2 atom stereocenters. The van der Waals surface area contributed by atoms with E-state index in [2.05, 4.69) is 44.7 Å². The van der Waals surface area contributed by atoms with Gasteiger partial charge in [-0.3, -0.25) is 9.78 Å². The smallest absolute Gasteiger partial charge is 0.237 e. The van der Waals surface area contributed by atoms with Gasteiger partial charge in [-0.05, 0) is 50.4 Å². The van der Waals surface area contributed by atoms with Crippen LogP contribution < -0.4 is 16.0 Å². The van der Waals surface area contributed by atoms with Crippen LogP contribution in [0.2, 0.25) is 5.28 Å². The number of nitrogens with zero attached hydrogens (tertiary/aromatic N) is 3. The number of hydrogen-bond donors (Lipinski definition) is 3. The van der Waals surface area contributed by atoms with E-state index < -0.39 is 0 Å². The summed E-state index contributed by atoms with van der Waals surface area (Å²) in [5.74, 6) is 0.728. The number of carbonyl (C=O) groups is 1. The van der Waals surface area contributed by atoms with E-state index in [1.54, 1.807) is 12.4 Å². The molecule has 3 rings (SSSR count). The van der Waals surface area contributed by atoms with Crippen LogP contribution >= 0.6 is 11.6 Å². The van der Waals surface area contributed by atoms with Gasteiger partial charge < -0.3 is 16.0 Å². The molecule has 0 aromatic carbocycles. The summed E-state index contributed by atoms with van der Waals surface area (Å²) in [7, 11) is 0. The number of hydrogen-bond acceptors (Lipinski definition) is 6. The molecule has 0 bridgehead atoms. The van der Waals surface area contributed by atoms with Gasteiger partial charge in [0.25, 0.3) is 0 Å². The molecule has 3 heterocycles. The van der Waals surface area contributed by atoms with Crippen LogP contribution in [0.25, 0.3) is 10.9 Å². The van der Waals surface area contributed by atoms with E-state index in [-0.39, 0.29) is 22.8 Å². The Hall–Kier alpha value is -1.99. The summed E-state index contributed by atoms with van der Waals surface area (Å²) in [6, 6.07) is 1.79. The molecule has 1 aliphatic heterocycles. The van der Waals surface area contributed by atoms with Crippen molar-refractivity contribution in [3.05, 3.63) is 23.7 Å². The Balaban J connectivity index is 1.78. The summed E-state index contributed by atoms with van der Waals surface area (Å²) in [6.07, 6.45) is 8.33. The van der Waals surface area contributed by atoms with Crippen molar-refractivity contribution in [2.45, 2.75) is 57.5 Å². The lowest BCUT2D eigenvalue weighted by atomic mass is 9.94. The SMILES string of the molecule is CCCCC(C)(CNC(=O)[C@@H]1CCCN1)Nc1nc(Cl)nc2cnccc12. The number of anilines is 1. The Bertz CT molecular complexity index is 795. The maximum absolute atomic E-state index is 12.4. The highest BCUT2D eigenvalue weighted by Crippen LogP contribution is 2.26. The minimum Gasteiger partial charge on any atom is -0.362 e. The maximum atomic E-state index is 12.4. The predicted octanol–water partition coefficient (Wildman–Crippen LogP) is 2.91. The van der Waals surface area contributed by atoms with Crippen molar-refractivity contribution >= 4 is 34.2 Å². The van der Waals surface area contributed by atoms with Crippen LogP contribution in [0.3, 0.4) is 0 Å². The van der Waals surface area contributed by atoms with Crippen LogP contribution in [0.15, 0.2) is 18.5 Å². The number of amides is 1. The molecule has 1 unspecified atom stereocenters. The number of unbranched alkanes of at least 4 members (excludes halogenated alkanes) is 1. The quantitative estimate of drug-likeness (QED) is 0.600. The Morgan fingerprint density at radius 2 is 2.30 bits per heavy atom. The van der Waals surface area contributed by atoms with E-state index in [9.17, 15) is 4.79 Å². The number of rotatable bonds is 8. The average Bonchev–Trinajstić information content (AvgIpc) is 3.19. The van der Waals surface area contributed by atoms with Gasteiger partial charge in [0.1, 0.15) is 5.82 Å². The third-order valence-corrected chi connectivity index (χ3v) is 5.17. The minimum atomic E-state index is -0.349. The molecule has 3 N–H and O–H groups in total. The van der Waals surface area contributed by atoms with Crippen LogP contribution in [0, 0.1) is 0 Å². The molecule has 0 spiro atoms. The van der Waals surface area contributed by atoms with Crippen LogP contribution in [-0.4, -0.2) is 45.5 Å². The number of nitrogens with one attached hydrogen (secondary N) is 3. The van der Waals surface area contributed by atoms with E-state index in [0.717, 1.165) is 44.0 Å². The van der Waals surface area contributed by atoms with Gasteiger partial charge in [-0.15, -0.1) is 0 Å². The lowest BCUT2D eigenvalue weighted by molar-refractivity contribution is -0.123. The van der Waals surface area contributed by atoms with E-state index in [4.69, 9.17) is 11.6 Å². The van der Waals surface area contributed by atoms with Gasteiger partial charge in [-0.1, -0.05) is 19.8 Å². The average molecular weight is 391 g/mol. The first-order chi connectivity index (χ1) is 13.0. The van der Waals surface area contributed by atoms with E-state index in [1.807, 2.05) is 6.07 Å². The fourth-order valence-corrected chi connectivity index (χ4v) is 3.58. The van der Waals surface area contributed by atoms with Crippen molar-refractivity contribution in [1.29, 1.82) is 0 Å². The monoisotopic (exact) mass is 390 g/mol. The molecule has 1 fully saturated rings. The maximum Gasteiger partial charge on any atom is 0.237 e. The molecule has 2 aromatic heterocycles.